The fraction of sp³-hybridized carbons (Fsp3) is 0.500. The van der Waals surface area contributed by atoms with Gasteiger partial charge in [0.15, 0.2) is 0 Å². The lowest BCUT2D eigenvalue weighted by atomic mass is 9.98. The molecule has 0 bridgehead atoms. The van der Waals surface area contributed by atoms with Crippen molar-refractivity contribution in [2.45, 2.75) is 6.42 Å². The van der Waals surface area contributed by atoms with Crippen LogP contribution in [0.4, 0.5) is 0 Å². The van der Waals surface area contributed by atoms with E-state index in [-0.39, 0.29) is 0 Å². The molecule has 0 spiro atoms. The molecule has 82 valence electrons. The fourth-order valence-electron chi connectivity index (χ4n) is 1.91. The Morgan fingerprint density at radius 1 is 1.47 bits per heavy atom. The van der Waals surface area contributed by atoms with E-state index in [1.54, 1.807) is 0 Å². The van der Waals surface area contributed by atoms with Crippen molar-refractivity contribution < 1.29 is 4.74 Å². The summed E-state index contributed by atoms with van der Waals surface area (Å²) in [5.41, 5.74) is 0. The second kappa shape index (κ2) is 4.99. The van der Waals surface area contributed by atoms with Gasteiger partial charge in [-0.1, -0.05) is 22.0 Å². The van der Waals surface area contributed by atoms with Crippen LogP contribution in [0.3, 0.4) is 0 Å². The molecule has 1 aliphatic rings. The maximum Gasteiger partial charge on any atom is 0.120 e. The number of benzene rings is 1. The molecule has 0 aromatic heterocycles. The average molecular weight is 270 g/mol. The van der Waals surface area contributed by atoms with Crippen LogP contribution in [-0.4, -0.2) is 31.6 Å². The molecule has 0 amide bonds. The Kier molecular flexibility index (Phi) is 3.65. The van der Waals surface area contributed by atoms with Crippen LogP contribution >= 0.6 is 15.9 Å². The molecule has 1 aliphatic heterocycles. The smallest absolute Gasteiger partial charge is 0.120 e. The Morgan fingerprint density at radius 3 is 2.93 bits per heavy atom. The van der Waals surface area contributed by atoms with Gasteiger partial charge in [0, 0.05) is 17.6 Å². The lowest BCUT2D eigenvalue weighted by Gasteiger charge is -2.36. The minimum absolute atomic E-state index is 0.828. The second-order valence-electron chi connectivity index (χ2n) is 4.18. The van der Waals surface area contributed by atoms with E-state index in [4.69, 9.17) is 4.74 Å². The van der Waals surface area contributed by atoms with Crippen LogP contribution in [0.2, 0.25) is 0 Å². The van der Waals surface area contributed by atoms with E-state index in [1.165, 1.54) is 13.1 Å². The number of hydrogen-bond donors (Lipinski definition) is 0. The SMILES string of the molecule is CN1CC(CCOc2cccc(Br)c2)C1. The van der Waals surface area contributed by atoms with Crippen molar-refractivity contribution in [2.24, 2.45) is 5.92 Å². The monoisotopic (exact) mass is 269 g/mol. The fourth-order valence-corrected chi connectivity index (χ4v) is 2.29. The van der Waals surface area contributed by atoms with Gasteiger partial charge in [-0.15, -0.1) is 0 Å². The number of rotatable bonds is 4. The van der Waals surface area contributed by atoms with Crippen molar-refractivity contribution in [1.29, 1.82) is 0 Å². The van der Waals surface area contributed by atoms with Crippen LogP contribution in [0.25, 0.3) is 0 Å². The van der Waals surface area contributed by atoms with Crippen molar-refractivity contribution in [3.8, 4) is 5.75 Å². The standard InChI is InChI=1S/C12H16BrNO/c1-14-8-10(9-14)5-6-15-12-4-2-3-11(13)7-12/h2-4,7,10H,5-6,8-9H2,1H3. The molecule has 2 rings (SSSR count). The van der Waals surface area contributed by atoms with Crippen molar-refractivity contribution in [1.82, 2.24) is 4.90 Å². The summed E-state index contributed by atoms with van der Waals surface area (Å²) in [7, 11) is 2.16. The molecule has 0 atom stereocenters. The second-order valence-corrected chi connectivity index (χ2v) is 5.10. The van der Waals surface area contributed by atoms with E-state index >= 15 is 0 Å². The van der Waals surface area contributed by atoms with E-state index in [9.17, 15) is 0 Å². The highest BCUT2D eigenvalue weighted by Crippen LogP contribution is 2.20. The summed E-state index contributed by atoms with van der Waals surface area (Å²) in [4.78, 5) is 2.34. The maximum atomic E-state index is 5.68. The number of halogens is 1. The molecule has 0 radical (unpaired) electrons. The van der Waals surface area contributed by atoms with Gasteiger partial charge < -0.3 is 9.64 Å². The molecule has 0 N–H and O–H groups in total. The predicted octanol–water partition coefficient (Wildman–Crippen LogP) is 2.78. The van der Waals surface area contributed by atoms with Crippen LogP contribution in [-0.2, 0) is 0 Å². The molecular formula is C12H16BrNO. The van der Waals surface area contributed by atoms with Crippen molar-refractivity contribution in [3.05, 3.63) is 28.7 Å². The van der Waals surface area contributed by atoms with Crippen LogP contribution < -0.4 is 4.74 Å². The average Bonchev–Trinajstić information content (AvgIpc) is 2.15. The van der Waals surface area contributed by atoms with Gasteiger partial charge in [-0.3, -0.25) is 0 Å². The summed E-state index contributed by atoms with van der Waals surface area (Å²) in [5.74, 6) is 1.79. The van der Waals surface area contributed by atoms with E-state index in [2.05, 4.69) is 27.9 Å². The Labute approximate surface area is 99.4 Å². The van der Waals surface area contributed by atoms with Crippen LogP contribution in [0.15, 0.2) is 28.7 Å². The molecule has 1 heterocycles. The van der Waals surface area contributed by atoms with Gasteiger partial charge in [-0.25, -0.2) is 0 Å². The summed E-state index contributed by atoms with van der Waals surface area (Å²) in [6, 6.07) is 8.01. The first-order valence-corrected chi connectivity index (χ1v) is 6.10. The van der Waals surface area contributed by atoms with Crippen molar-refractivity contribution >= 4 is 15.9 Å². The molecule has 15 heavy (non-hydrogen) atoms. The number of likely N-dealkylation sites (tertiary alicyclic amines) is 1. The van der Waals surface area contributed by atoms with Gasteiger partial charge in [0.1, 0.15) is 5.75 Å². The topological polar surface area (TPSA) is 12.5 Å². The van der Waals surface area contributed by atoms with Crippen molar-refractivity contribution in [2.75, 3.05) is 26.7 Å². The minimum atomic E-state index is 0.828. The highest BCUT2D eigenvalue weighted by molar-refractivity contribution is 9.10. The molecule has 1 saturated heterocycles. The first kappa shape index (κ1) is 11.0. The highest BCUT2D eigenvalue weighted by atomic mass is 79.9. The lowest BCUT2D eigenvalue weighted by Crippen LogP contribution is -2.44. The third kappa shape index (κ3) is 3.21. The normalized spacial score (nSPS) is 17.5. The summed E-state index contributed by atoms with van der Waals surface area (Å²) < 4.78 is 6.75. The van der Waals surface area contributed by atoms with Gasteiger partial charge in [0.05, 0.1) is 6.61 Å². The molecule has 0 saturated carbocycles. The molecule has 0 aliphatic carbocycles. The zero-order valence-corrected chi connectivity index (χ0v) is 10.5. The Bertz CT molecular complexity index is 323. The first-order valence-electron chi connectivity index (χ1n) is 5.31. The van der Waals surface area contributed by atoms with E-state index in [0.717, 1.165) is 29.2 Å². The van der Waals surface area contributed by atoms with E-state index < -0.39 is 0 Å². The van der Waals surface area contributed by atoms with Crippen LogP contribution in [0.5, 0.6) is 5.75 Å². The molecule has 0 unspecified atom stereocenters. The first-order chi connectivity index (χ1) is 7.24. The largest absolute Gasteiger partial charge is 0.494 e. The van der Waals surface area contributed by atoms with Gasteiger partial charge in [-0.2, -0.15) is 0 Å². The summed E-state index contributed by atoms with van der Waals surface area (Å²) in [6.45, 7) is 3.28. The zero-order valence-electron chi connectivity index (χ0n) is 8.95. The maximum absolute atomic E-state index is 5.68. The number of ether oxygens (including phenoxy) is 1. The Hall–Kier alpha value is -0.540. The Balaban J connectivity index is 1.69. The Morgan fingerprint density at radius 2 is 2.27 bits per heavy atom. The third-order valence-corrected chi connectivity index (χ3v) is 3.22. The summed E-state index contributed by atoms with van der Waals surface area (Å²) in [5, 5.41) is 0. The summed E-state index contributed by atoms with van der Waals surface area (Å²) in [6.07, 6.45) is 1.16. The van der Waals surface area contributed by atoms with Gasteiger partial charge in [-0.05, 0) is 37.6 Å². The molecular weight excluding hydrogens is 254 g/mol. The molecule has 2 nitrogen and oxygen atoms in total. The van der Waals surface area contributed by atoms with Gasteiger partial charge in [0.25, 0.3) is 0 Å². The quantitative estimate of drug-likeness (QED) is 0.834. The number of nitrogens with zero attached hydrogens (tertiary/aromatic N) is 1. The molecule has 3 heteroatoms. The minimum Gasteiger partial charge on any atom is -0.494 e. The third-order valence-electron chi connectivity index (χ3n) is 2.73. The van der Waals surface area contributed by atoms with Gasteiger partial charge in [0.2, 0.25) is 0 Å². The van der Waals surface area contributed by atoms with Crippen molar-refractivity contribution in [3.63, 3.8) is 0 Å². The summed E-state index contributed by atoms with van der Waals surface area (Å²) >= 11 is 3.43. The predicted molar refractivity (Wildman–Crippen MR) is 65.2 cm³/mol. The van der Waals surface area contributed by atoms with Crippen LogP contribution in [0, 0.1) is 5.92 Å². The molecule has 1 fully saturated rings. The lowest BCUT2D eigenvalue weighted by molar-refractivity contribution is 0.110. The molecule has 1 aromatic rings. The zero-order chi connectivity index (χ0) is 10.7. The van der Waals surface area contributed by atoms with Crippen LogP contribution in [0.1, 0.15) is 6.42 Å². The van der Waals surface area contributed by atoms with Gasteiger partial charge >= 0.3 is 0 Å². The van der Waals surface area contributed by atoms with E-state index in [1.807, 2.05) is 24.3 Å². The highest BCUT2D eigenvalue weighted by Gasteiger charge is 2.22. The number of hydrogen-bond acceptors (Lipinski definition) is 2. The van der Waals surface area contributed by atoms with E-state index in [0.29, 0.717) is 0 Å². The molecule has 1 aromatic carbocycles.